The first-order chi connectivity index (χ1) is 10.0. The quantitative estimate of drug-likeness (QED) is 0.601. The van der Waals surface area contributed by atoms with Gasteiger partial charge in [-0.25, -0.2) is 0 Å². The van der Waals surface area contributed by atoms with Crippen molar-refractivity contribution in [2.45, 2.75) is 26.7 Å². The second-order valence-electron chi connectivity index (χ2n) is 4.80. The third-order valence-corrected chi connectivity index (χ3v) is 3.97. The summed E-state index contributed by atoms with van der Waals surface area (Å²) in [6.07, 6.45) is 1.82. The Bertz CT molecular complexity index is 651. The number of aryl methyl sites for hydroxylation is 1. The van der Waals surface area contributed by atoms with Crippen molar-refractivity contribution < 1.29 is 9.53 Å². The van der Waals surface area contributed by atoms with Crippen LogP contribution in [0.2, 0.25) is 5.02 Å². The molecule has 2 rings (SSSR count). The van der Waals surface area contributed by atoms with Gasteiger partial charge in [0.25, 0.3) is 0 Å². The molecule has 2 aromatic carbocycles. The largest absolute Gasteiger partial charge is 0.456 e. The maximum absolute atomic E-state index is 11.7. The molecule has 0 heterocycles. The van der Waals surface area contributed by atoms with Gasteiger partial charge in [0.15, 0.2) is 5.78 Å². The zero-order chi connectivity index (χ0) is 15.4. The lowest BCUT2D eigenvalue weighted by atomic mass is 10.0. The first-order valence-electron chi connectivity index (χ1n) is 6.78. The highest BCUT2D eigenvalue weighted by atomic mass is 79.9. The predicted molar refractivity (Wildman–Crippen MR) is 89.7 cm³/mol. The normalized spacial score (nSPS) is 10.5. The Morgan fingerprint density at radius 1 is 1.24 bits per heavy atom. The van der Waals surface area contributed by atoms with Crippen molar-refractivity contribution in [1.29, 1.82) is 0 Å². The zero-order valence-electron chi connectivity index (χ0n) is 12.0. The van der Waals surface area contributed by atoms with Crippen molar-refractivity contribution in [3.05, 3.63) is 57.0 Å². The third kappa shape index (κ3) is 4.08. The van der Waals surface area contributed by atoms with E-state index in [0.717, 1.165) is 28.4 Å². The number of rotatable bonds is 5. The van der Waals surface area contributed by atoms with E-state index < -0.39 is 0 Å². The molecule has 0 radical (unpaired) electrons. The lowest BCUT2D eigenvalue weighted by Gasteiger charge is -2.13. The summed E-state index contributed by atoms with van der Waals surface area (Å²) in [4.78, 5) is 11.7. The molecule has 2 aromatic rings. The molecule has 0 saturated heterocycles. The number of ether oxygens (including phenoxy) is 1. The van der Waals surface area contributed by atoms with E-state index in [1.165, 1.54) is 0 Å². The summed E-state index contributed by atoms with van der Waals surface area (Å²) in [6.45, 7) is 3.67. The molecule has 0 atom stereocenters. The van der Waals surface area contributed by atoms with Crippen molar-refractivity contribution in [2.24, 2.45) is 0 Å². The highest BCUT2D eigenvalue weighted by Crippen LogP contribution is 2.33. The molecule has 0 bridgehead atoms. The number of carbonyl (C=O) groups is 1. The molecule has 0 fully saturated rings. The lowest BCUT2D eigenvalue weighted by Crippen LogP contribution is -2.01. The number of hydrogen-bond acceptors (Lipinski definition) is 2. The van der Waals surface area contributed by atoms with Crippen LogP contribution in [0.1, 0.15) is 36.2 Å². The first-order valence-corrected chi connectivity index (χ1v) is 7.95. The minimum absolute atomic E-state index is 0.0668. The van der Waals surface area contributed by atoms with Crippen molar-refractivity contribution in [3.8, 4) is 11.5 Å². The maximum Gasteiger partial charge on any atom is 0.160 e. The fraction of sp³-hybridized carbons (Fsp3) is 0.235. The standard InChI is InChI=1S/C17H16BrClO2/c1-3-4-12-9-17(16(18)10-15(12)11(2)20)21-14-7-5-13(19)6-8-14/h5-10H,3-4H2,1-2H3. The Kier molecular flexibility index (Phi) is 5.43. The average Bonchev–Trinajstić information content (AvgIpc) is 2.44. The molecule has 4 heteroatoms. The highest BCUT2D eigenvalue weighted by molar-refractivity contribution is 9.10. The van der Waals surface area contributed by atoms with E-state index in [2.05, 4.69) is 22.9 Å². The van der Waals surface area contributed by atoms with E-state index >= 15 is 0 Å². The van der Waals surface area contributed by atoms with Gasteiger partial charge in [-0.05, 0) is 71.2 Å². The molecule has 0 unspecified atom stereocenters. The SMILES string of the molecule is CCCc1cc(Oc2ccc(Cl)cc2)c(Br)cc1C(C)=O. The monoisotopic (exact) mass is 366 g/mol. The van der Waals surface area contributed by atoms with Crippen molar-refractivity contribution in [3.63, 3.8) is 0 Å². The molecule has 0 aliphatic carbocycles. The number of ketones is 1. The summed E-state index contributed by atoms with van der Waals surface area (Å²) in [7, 11) is 0. The summed E-state index contributed by atoms with van der Waals surface area (Å²) >= 11 is 9.34. The van der Waals surface area contributed by atoms with Crippen molar-refractivity contribution in [1.82, 2.24) is 0 Å². The molecule has 0 spiro atoms. The first kappa shape index (κ1) is 16.1. The van der Waals surface area contributed by atoms with Gasteiger partial charge >= 0.3 is 0 Å². The molecule has 110 valence electrons. The topological polar surface area (TPSA) is 26.3 Å². The van der Waals surface area contributed by atoms with E-state index in [1.54, 1.807) is 19.1 Å². The van der Waals surface area contributed by atoms with E-state index in [-0.39, 0.29) is 5.78 Å². The lowest BCUT2D eigenvalue weighted by molar-refractivity contribution is 0.101. The molecule has 0 saturated carbocycles. The second kappa shape index (κ2) is 7.10. The summed E-state index contributed by atoms with van der Waals surface area (Å²) < 4.78 is 6.64. The van der Waals surface area contributed by atoms with Crippen LogP contribution in [0.15, 0.2) is 40.9 Å². The van der Waals surface area contributed by atoms with Gasteiger partial charge in [-0.15, -0.1) is 0 Å². The Morgan fingerprint density at radius 2 is 1.90 bits per heavy atom. The summed E-state index contributed by atoms with van der Waals surface area (Å²) in [5, 5.41) is 0.667. The minimum atomic E-state index is 0.0668. The number of hydrogen-bond donors (Lipinski definition) is 0. The molecule has 21 heavy (non-hydrogen) atoms. The smallest absolute Gasteiger partial charge is 0.160 e. The highest BCUT2D eigenvalue weighted by Gasteiger charge is 2.13. The molecule has 0 aliphatic heterocycles. The van der Waals surface area contributed by atoms with Crippen molar-refractivity contribution >= 4 is 33.3 Å². The van der Waals surface area contributed by atoms with Gasteiger partial charge in [0.2, 0.25) is 0 Å². The van der Waals surface area contributed by atoms with Crippen molar-refractivity contribution in [2.75, 3.05) is 0 Å². The Balaban J connectivity index is 2.37. The predicted octanol–water partition coefficient (Wildman–Crippen LogP) is 6.05. The van der Waals surface area contributed by atoms with Crippen LogP contribution < -0.4 is 4.74 Å². The Hall–Kier alpha value is -1.32. The number of Topliss-reactive ketones (excluding diaryl/α,β-unsaturated/α-hetero) is 1. The van der Waals surface area contributed by atoms with Crippen LogP contribution in [0.5, 0.6) is 11.5 Å². The third-order valence-electron chi connectivity index (χ3n) is 3.10. The fourth-order valence-electron chi connectivity index (χ4n) is 2.11. The van der Waals surface area contributed by atoms with E-state index in [0.29, 0.717) is 16.5 Å². The van der Waals surface area contributed by atoms with Crippen LogP contribution in [-0.2, 0) is 6.42 Å². The molecule has 0 amide bonds. The summed E-state index contributed by atoms with van der Waals surface area (Å²) in [5.74, 6) is 1.47. The number of benzene rings is 2. The summed E-state index contributed by atoms with van der Waals surface area (Å²) in [6, 6.07) is 10.9. The van der Waals surface area contributed by atoms with Crippen LogP contribution in [0.3, 0.4) is 0 Å². The molecular weight excluding hydrogens is 352 g/mol. The minimum Gasteiger partial charge on any atom is -0.456 e. The van der Waals surface area contributed by atoms with E-state index in [4.69, 9.17) is 16.3 Å². The van der Waals surface area contributed by atoms with Gasteiger partial charge in [-0.3, -0.25) is 4.79 Å². The fourth-order valence-corrected chi connectivity index (χ4v) is 2.66. The number of carbonyl (C=O) groups excluding carboxylic acids is 1. The van der Waals surface area contributed by atoms with Gasteiger partial charge in [0.05, 0.1) is 4.47 Å². The van der Waals surface area contributed by atoms with Gasteiger partial charge in [-0.2, -0.15) is 0 Å². The van der Waals surface area contributed by atoms with E-state index in [1.807, 2.05) is 24.3 Å². The Morgan fingerprint density at radius 3 is 2.48 bits per heavy atom. The zero-order valence-corrected chi connectivity index (χ0v) is 14.3. The molecule has 2 nitrogen and oxygen atoms in total. The molecule has 0 aromatic heterocycles. The second-order valence-corrected chi connectivity index (χ2v) is 6.09. The Labute approximate surface area is 138 Å². The van der Waals surface area contributed by atoms with Crippen LogP contribution in [0, 0.1) is 0 Å². The molecule has 0 N–H and O–H groups in total. The molecular formula is C17H16BrClO2. The number of halogens is 2. The molecule has 0 aliphatic rings. The van der Waals surface area contributed by atoms with Crippen LogP contribution in [0.25, 0.3) is 0 Å². The van der Waals surface area contributed by atoms with E-state index in [9.17, 15) is 4.79 Å². The van der Waals surface area contributed by atoms with Crippen LogP contribution >= 0.6 is 27.5 Å². The maximum atomic E-state index is 11.7. The van der Waals surface area contributed by atoms with Crippen LogP contribution in [0.4, 0.5) is 0 Å². The average molecular weight is 368 g/mol. The van der Waals surface area contributed by atoms with Gasteiger partial charge < -0.3 is 4.74 Å². The van der Waals surface area contributed by atoms with Gasteiger partial charge in [-0.1, -0.05) is 24.9 Å². The summed E-state index contributed by atoms with van der Waals surface area (Å²) in [5.41, 5.74) is 1.75. The van der Waals surface area contributed by atoms with Crippen LogP contribution in [-0.4, -0.2) is 5.78 Å². The van der Waals surface area contributed by atoms with Gasteiger partial charge in [0.1, 0.15) is 11.5 Å². The van der Waals surface area contributed by atoms with Gasteiger partial charge in [0, 0.05) is 10.6 Å².